The lowest BCUT2D eigenvalue weighted by Crippen LogP contribution is -2.52. The van der Waals surface area contributed by atoms with Gasteiger partial charge < -0.3 is 4.90 Å². The summed E-state index contributed by atoms with van der Waals surface area (Å²) in [7, 11) is 0. The molecule has 2 heterocycles. The molecular weight excluding hydrogens is 278 g/mol. The van der Waals surface area contributed by atoms with Gasteiger partial charge in [-0.3, -0.25) is 14.2 Å². The molecule has 0 saturated carbocycles. The molecule has 0 unspecified atom stereocenters. The molecule has 104 valence electrons. The first kappa shape index (κ1) is 13.1. The van der Waals surface area contributed by atoms with Gasteiger partial charge in [0, 0.05) is 25.6 Å². The molecule has 1 fully saturated rings. The van der Waals surface area contributed by atoms with Crippen molar-refractivity contribution in [1.29, 1.82) is 0 Å². The van der Waals surface area contributed by atoms with Gasteiger partial charge in [0.1, 0.15) is 5.88 Å². The number of carbonyl (C=O) groups excluding carboxylic acids is 1. The van der Waals surface area contributed by atoms with Gasteiger partial charge in [-0.05, 0) is 12.1 Å². The minimum Gasteiger partial charge on any atom is -0.341 e. The van der Waals surface area contributed by atoms with Crippen LogP contribution in [0, 0.1) is 5.92 Å². The maximum absolute atomic E-state index is 12.3. The Morgan fingerprint density at radius 2 is 2.10 bits per heavy atom. The Labute approximate surface area is 120 Å². The van der Waals surface area contributed by atoms with Gasteiger partial charge in [0.2, 0.25) is 5.91 Å². The van der Waals surface area contributed by atoms with E-state index in [9.17, 15) is 9.59 Å². The number of nitrogens with zero attached hydrogens (tertiary/aromatic N) is 3. The molecule has 1 aromatic carbocycles. The van der Waals surface area contributed by atoms with Crippen molar-refractivity contribution >= 4 is 28.4 Å². The van der Waals surface area contributed by atoms with E-state index in [1.54, 1.807) is 21.9 Å². The number of hydrogen-bond acceptors (Lipinski definition) is 3. The van der Waals surface area contributed by atoms with Crippen LogP contribution in [-0.2, 0) is 11.3 Å². The Morgan fingerprint density at radius 3 is 2.85 bits per heavy atom. The molecule has 1 aliphatic heterocycles. The van der Waals surface area contributed by atoms with Crippen LogP contribution in [0.25, 0.3) is 10.9 Å². The van der Waals surface area contributed by atoms with Crippen LogP contribution < -0.4 is 5.56 Å². The van der Waals surface area contributed by atoms with Crippen molar-refractivity contribution in [2.45, 2.75) is 6.54 Å². The standard InChI is InChI=1S/C14H14ClN3O2/c15-5-13(19)17-6-10(7-17)8-18-9-16-12-4-2-1-3-11(12)14(18)20/h1-4,9-10H,5-8H2. The van der Waals surface area contributed by atoms with Crippen LogP contribution in [0.1, 0.15) is 0 Å². The lowest BCUT2D eigenvalue weighted by atomic mass is 10.00. The fraction of sp³-hybridized carbons (Fsp3) is 0.357. The quantitative estimate of drug-likeness (QED) is 0.796. The molecule has 0 radical (unpaired) electrons. The fourth-order valence-corrected chi connectivity index (χ4v) is 2.66. The summed E-state index contributed by atoms with van der Waals surface area (Å²) in [4.78, 5) is 29.6. The number of aromatic nitrogens is 2. The third kappa shape index (κ3) is 2.29. The zero-order chi connectivity index (χ0) is 14.1. The zero-order valence-corrected chi connectivity index (χ0v) is 11.6. The van der Waals surface area contributed by atoms with Crippen LogP contribution in [-0.4, -0.2) is 39.3 Å². The summed E-state index contributed by atoms with van der Waals surface area (Å²) in [6, 6.07) is 7.30. The van der Waals surface area contributed by atoms with Crippen molar-refractivity contribution in [2.24, 2.45) is 5.92 Å². The summed E-state index contributed by atoms with van der Waals surface area (Å²) >= 11 is 5.50. The molecule has 0 bridgehead atoms. The van der Waals surface area contributed by atoms with Crippen LogP contribution in [0.5, 0.6) is 0 Å². The number of amides is 1. The Balaban J connectivity index is 1.75. The summed E-state index contributed by atoms with van der Waals surface area (Å²) in [5, 5.41) is 0.628. The zero-order valence-electron chi connectivity index (χ0n) is 10.8. The van der Waals surface area contributed by atoms with E-state index in [0.29, 0.717) is 36.5 Å². The van der Waals surface area contributed by atoms with E-state index < -0.39 is 0 Å². The lowest BCUT2D eigenvalue weighted by molar-refractivity contribution is -0.134. The van der Waals surface area contributed by atoms with Gasteiger partial charge in [0.05, 0.1) is 17.2 Å². The predicted octanol–water partition coefficient (Wildman–Crippen LogP) is 1.09. The van der Waals surface area contributed by atoms with E-state index in [-0.39, 0.29) is 17.3 Å². The Hall–Kier alpha value is -1.88. The maximum atomic E-state index is 12.3. The number of para-hydroxylation sites is 1. The second-order valence-electron chi connectivity index (χ2n) is 5.02. The van der Waals surface area contributed by atoms with Crippen LogP contribution in [0.3, 0.4) is 0 Å². The normalized spacial score (nSPS) is 15.3. The maximum Gasteiger partial charge on any atom is 0.261 e. The van der Waals surface area contributed by atoms with E-state index in [1.807, 2.05) is 18.2 Å². The molecule has 20 heavy (non-hydrogen) atoms. The second-order valence-corrected chi connectivity index (χ2v) is 5.28. The summed E-state index contributed by atoms with van der Waals surface area (Å²) in [5.74, 6) is 0.263. The molecule has 0 aliphatic carbocycles. The minimum atomic E-state index is -0.0492. The summed E-state index contributed by atoms with van der Waals surface area (Å²) in [6.45, 7) is 1.90. The van der Waals surface area contributed by atoms with Gasteiger partial charge in [-0.2, -0.15) is 0 Å². The number of benzene rings is 1. The van der Waals surface area contributed by atoms with Crippen LogP contribution in [0.4, 0.5) is 0 Å². The van der Waals surface area contributed by atoms with Crippen molar-refractivity contribution in [3.05, 3.63) is 40.9 Å². The van der Waals surface area contributed by atoms with Gasteiger partial charge in [0.15, 0.2) is 0 Å². The first-order valence-electron chi connectivity index (χ1n) is 6.47. The average Bonchev–Trinajstić information content (AvgIpc) is 2.44. The highest BCUT2D eigenvalue weighted by molar-refractivity contribution is 6.27. The molecule has 5 nitrogen and oxygen atoms in total. The number of halogens is 1. The SMILES string of the molecule is O=C(CCl)N1CC(Cn2cnc3ccccc3c2=O)C1. The third-order valence-electron chi connectivity index (χ3n) is 3.61. The molecule has 1 aromatic heterocycles. The molecule has 1 amide bonds. The first-order valence-corrected chi connectivity index (χ1v) is 7.00. The molecule has 2 aromatic rings. The van der Waals surface area contributed by atoms with E-state index in [1.165, 1.54) is 0 Å². The van der Waals surface area contributed by atoms with Crippen molar-refractivity contribution in [3.63, 3.8) is 0 Å². The number of likely N-dealkylation sites (tertiary alicyclic amines) is 1. The van der Waals surface area contributed by atoms with Crippen molar-refractivity contribution in [2.75, 3.05) is 19.0 Å². The highest BCUT2D eigenvalue weighted by atomic mass is 35.5. The van der Waals surface area contributed by atoms with Crippen LogP contribution in [0.15, 0.2) is 35.4 Å². The van der Waals surface area contributed by atoms with Crippen molar-refractivity contribution in [1.82, 2.24) is 14.5 Å². The Bertz CT molecular complexity index is 707. The average molecular weight is 292 g/mol. The molecule has 0 N–H and O–H groups in total. The van der Waals surface area contributed by atoms with Gasteiger partial charge in [0.25, 0.3) is 5.56 Å². The predicted molar refractivity (Wildman–Crippen MR) is 76.8 cm³/mol. The van der Waals surface area contributed by atoms with E-state index in [2.05, 4.69) is 4.98 Å². The minimum absolute atomic E-state index is 0.0181. The molecular formula is C14H14ClN3O2. The van der Waals surface area contributed by atoms with E-state index >= 15 is 0 Å². The largest absolute Gasteiger partial charge is 0.341 e. The van der Waals surface area contributed by atoms with Crippen molar-refractivity contribution < 1.29 is 4.79 Å². The Kier molecular flexibility index (Phi) is 3.44. The molecule has 6 heteroatoms. The van der Waals surface area contributed by atoms with Gasteiger partial charge in [-0.25, -0.2) is 4.98 Å². The molecule has 0 spiro atoms. The highest BCUT2D eigenvalue weighted by Gasteiger charge is 2.30. The lowest BCUT2D eigenvalue weighted by Gasteiger charge is -2.39. The summed E-state index contributed by atoms with van der Waals surface area (Å²) in [6.07, 6.45) is 1.58. The third-order valence-corrected chi connectivity index (χ3v) is 3.84. The van der Waals surface area contributed by atoms with Crippen LogP contribution in [0.2, 0.25) is 0 Å². The smallest absolute Gasteiger partial charge is 0.261 e. The monoisotopic (exact) mass is 291 g/mol. The molecule has 0 atom stereocenters. The summed E-state index contributed by atoms with van der Waals surface area (Å²) < 4.78 is 1.62. The summed E-state index contributed by atoms with van der Waals surface area (Å²) in [5.41, 5.74) is 0.680. The fourth-order valence-electron chi connectivity index (χ4n) is 2.49. The van der Waals surface area contributed by atoms with E-state index in [4.69, 9.17) is 11.6 Å². The first-order chi connectivity index (χ1) is 9.69. The van der Waals surface area contributed by atoms with Crippen LogP contribution >= 0.6 is 11.6 Å². The molecule has 1 aliphatic rings. The molecule has 3 rings (SSSR count). The second kappa shape index (κ2) is 5.25. The molecule has 1 saturated heterocycles. The van der Waals surface area contributed by atoms with E-state index in [0.717, 1.165) is 0 Å². The number of carbonyl (C=O) groups is 1. The van der Waals surface area contributed by atoms with Crippen molar-refractivity contribution in [3.8, 4) is 0 Å². The number of alkyl halides is 1. The van der Waals surface area contributed by atoms with Gasteiger partial charge in [-0.1, -0.05) is 12.1 Å². The number of hydrogen-bond donors (Lipinski definition) is 0. The van der Waals surface area contributed by atoms with Gasteiger partial charge in [-0.15, -0.1) is 11.6 Å². The Morgan fingerprint density at radius 1 is 1.35 bits per heavy atom. The highest BCUT2D eigenvalue weighted by Crippen LogP contribution is 2.17. The number of rotatable bonds is 3. The number of fused-ring (bicyclic) bond motifs is 1. The topological polar surface area (TPSA) is 55.2 Å². The van der Waals surface area contributed by atoms with Gasteiger partial charge >= 0.3 is 0 Å².